The van der Waals surface area contributed by atoms with Gasteiger partial charge in [0.2, 0.25) is 0 Å². The quantitative estimate of drug-likeness (QED) is 0.420. The Bertz CT molecular complexity index is 1320. The molecule has 1 aliphatic heterocycles. The predicted octanol–water partition coefficient (Wildman–Crippen LogP) is 5.52. The summed E-state index contributed by atoms with van der Waals surface area (Å²) in [5.41, 5.74) is 2.61. The van der Waals surface area contributed by atoms with E-state index in [-0.39, 0.29) is 29.1 Å². The Balaban J connectivity index is 1.49. The fourth-order valence-corrected chi connectivity index (χ4v) is 4.20. The summed E-state index contributed by atoms with van der Waals surface area (Å²) in [7, 11) is 1.51. The molecule has 34 heavy (non-hydrogen) atoms. The van der Waals surface area contributed by atoms with E-state index < -0.39 is 5.91 Å². The molecule has 0 aliphatic carbocycles. The summed E-state index contributed by atoms with van der Waals surface area (Å²) in [4.78, 5) is 26.6. The molecular formula is C26H19FN2O4S. The Hall–Kier alpha value is -4.09. The number of rotatable bonds is 7. The number of amides is 2. The van der Waals surface area contributed by atoms with E-state index in [0.717, 1.165) is 22.2 Å². The highest BCUT2D eigenvalue weighted by Crippen LogP contribution is 2.35. The minimum atomic E-state index is -0.410. The lowest BCUT2D eigenvalue weighted by molar-refractivity contribution is -0.123. The van der Waals surface area contributed by atoms with Gasteiger partial charge in [-0.15, -0.1) is 0 Å². The maximum Gasteiger partial charge on any atom is 0.293 e. The van der Waals surface area contributed by atoms with Gasteiger partial charge in [-0.1, -0.05) is 36.4 Å². The van der Waals surface area contributed by atoms with Gasteiger partial charge in [-0.05, 0) is 59.3 Å². The number of ether oxygens (including phenoxy) is 2. The van der Waals surface area contributed by atoms with Gasteiger partial charge in [0.15, 0.2) is 11.5 Å². The average molecular weight is 475 g/mol. The van der Waals surface area contributed by atoms with E-state index in [4.69, 9.17) is 9.47 Å². The van der Waals surface area contributed by atoms with Crippen molar-refractivity contribution >= 4 is 29.0 Å². The van der Waals surface area contributed by atoms with Crippen LogP contribution < -0.4 is 9.47 Å². The Kier molecular flexibility index (Phi) is 6.95. The molecule has 3 aromatic rings. The summed E-state index contributed by atoms with van der Waals surface area (Å²) in [6.45, 7) is 0.268. The van der Waals surface area contributed by atoms with Crippen LogP contribution in [0.1, 0.15) is 22.3 Å². The number of thioether (sulfide) groups is 1. The summed E-state index contributed by atoms with van der Waals surface area (Å²) >= 11 is 0.850. The molecule has 0 atom stereocenters. The second-order valence-electron chi connectivity index (χ2n) is 7.36. The number of imide groups is 1. The van der Waals surface area contributed by atoms with Crippen LogP contribution in [0, 0.1) is 17.1 Å². The first-order valence-electron chi connectivity index (χ1n) is 10.3. The maximum absolute atomic E-state index is 13.1. The standard InChI is InChI=1S/C26H19FN2O4S/c1-32-23-12-18(8-11-22(23)33-16-20-5-3-2-4-19(20)14-28)13-24-25(30)29(26(31)34-24)15-17-6-9-21(27)10-7-17/h2-13H,15-16H2,1H3/b24-13-. The number of hydrogen-bond donors (Lipinski definition) is 0. The van der Waals surface area contributed by atoms with Crippen molar-refractivity contribution in [1.82, 2.24) is 4.90 Å². The van der Waals surface area contributed by atoms with Crippen LogP contribution in [0.25, 0.3) is 6.08 Å². The zero-order chi connectivity index (χ0) is 24.1. The number of nitrogens with zero attached hydrogens (tertiary/aromatic N) is 2. The second kappa shape index (κ2) is 10.2. The van der Waals surface area contributed by atoms with Crippen LogP contribution in [0.3, 0.4) is 0 Å². The van der Waals surface area contributed by atoms with Crippen LogP contribution in [-0.4, -0.2) is 23.2 Å². The van der Waals surface area contributed by atoms with E-state index in [1.165, 1.54) is 19.2 Å². The van der Waals surface area contributed by atoms with Crippen LogP contribution in [0.15, 0.2) is 71.6 Å². The second-order valence-corrected chi connectivity index (χ2v) is 8.36. The van der Waals surface area contributed by atoms with Gasteiger partial charge in [0.25, 0.3) is 11.1 Å². The van der Waals surface area contributed by atoms with Crippen molar-refractivity contribution in [3.8, 4) is 17.6 Å². The van der Waals surface area contributed by atoms with E-state index in [2.05, 4.69) is 6.07 Å². The maximum atomic E-state index is 13.1. The van der Waals surface area contributed by atoms with E-state index in [1.807, 2.05) is 12.1 Å². The van der Waals surface area contributed by atoms with Gasteiger partial charge in [-0.2, -0.15) is 5.26 Å². The highest BCUT2D eigenvalue weighted by atomic mass is 32.2. The van der Waals surface area contributed by atoms with Crippen molar-refractivity contribution in [2.45, 2.75) is 13.2 Å². The topological polar surface area (TPSA) is 79.6 Å². The van der Waals surface area contributed by atoms with Gasteiger partial charge in [0.05, 0.1) is 30.2 Å². The van der Waals surface area contributed by atoms with Crippen molar-refractivity contribution in [3.63, 3.8) is 0 Å². The molecule has 0 radical (unpaired) electrons. The normalized spacial score (nSPS) is 14.4. The van der Waals surface area contributed by atoms with Gasteiger partial charge < -0.3 is 9.47 Å². The first-order chi connectivity index (χ1) is 16.5. The molecule has 3 aromatic carbocycles. The van der Waals surface area contributed by atoms with E-state index in [1.54, 1.807) is 48.5 Å². The van der Waals surface area contributed by atoms with E-state index in [9.17, 15) is 19.2 Å². The molecule has 4 rings (SSSR count). The summed E-state index contributed by atoms with van der Waals surface area (Å²) in [5.74, 6) is 0.144. The van der Waals surface area contributed by atoms with Crippen LogP contribution in [0.5, 0.6) is 11.5 Å². The lowest BCUT2D eigenvalue weighted by Gasteiger charge is -2.13. The predicted molar refractivity (Wildman–Crippen MR) is 126 cm³/mol. The number of halogens is 1. The molecule has 2 amide bonds. The van der Waals surface area contributed by atoms with Crippen LogP contribution in [-0.2, 0) is 17.9 Å². The number of methoxy groups -OCH3 is 1. The van der Waals surface area contributed by atoms with Gasteiger partial charge in [-0.25, -0.2) is 4.39 Å². The smallest absolute Gasteiger partial charge is 0.293 e. The van der Waals surface area contributed by atoms with Crippen molar-refractivity contribution in [2.75, 3.05) is 7.11 Å². The first kappa shape index (κ1) is 23.1. The fourth-order valence-electron chi connectivity index (χ4n) is 3.36. The van der Waals surface area contributed by atoms with E-state index in [0.29, 0.717) is 28.2 Å². The third-order valence-electron chi connectivity index (χ3n) is 5.13. The third-order valence-corrected chi connectivity index (χ3v) is 6.04. The average Bonchev–Trinajstić information content (AvgIpc) is 3.11. The van der Waals surface area contributed by atoms with Crippen LogP contribution in [0.2, 0.25) is 0 Å². The lowest BCUT2D eigenvalue weighted by atomic mass is 10.1. The highest BCUT2D eigenvalue weighted by Gasteiger charge is 2.35. The largest absolute Gasteiger partial charge is 0.493 e. The molecule has 170 valence electrons. The van der Waals surface area contributed by atoms with Gasteiger partial charge in [-0.3, -0.25) is 14.5 Å². The summed E-state index contributed by atoms with van der Waals surface area (Å²) < 4.78 is 24.4. The number of carbonyl (C=O) groups is 2. The lowest BCUT2D eigenvalue weighted by Crippen LogP contribution is -2.27. The molecule has 0 unspecified atom stereocenters. The zero-order valence-corrected chi connectivity index (χ0v) is 19.0. The number of nitriles is 1. The minimum Gasteiger partial charge on any atom is -0.493 e. The van der Waals surface area contributed by atoms with Crippen molar-refractivity contribution in [1.29, 1.82) is 5.26 Å². The van der Waals surface area contributed by atoms with Gasteiger partial charge >= 0.3 is 0 Å². The molecule has 8 heteroatoms. The molecule has 0 bridgehead atoms. The van der Waals surface area contributed by atoms with Crippen LogP contribution in [0.4, 0.5) is 9.18 Å². The number of hydrogen-bond acceptors (Lipinski definition) is 6. The molecule has 0 aromatic heterocycles. The summed E-state index contributed by atoms with van der Waals surface area (Å²) in [6.07, 6.45) is 1.62. The van der Waals surface area contributed by atoms with Crippen molar-refractivity contribution < 1.29 is 23.5 Å². The first-order valence-corrected chi connectivity index (χ1v) is 11.1. The van der Waals surface area contributed by atoms with Crippen molar-refractivity contribution in [2.24, 2.45) is 0 Å². The highest BCUT2D eigenvalue weighted by molar-refractivity contribution is 8.18. The zero-order valence-electron chi connectivity index (χ0n) is 18.2. The SMILES string of the molecule is COc1cc(/C=C2\SC(=O)N(Cc3ccc(F)cc3)C2=O)ccc1OCc1ccccc1C#N. The molecule has 0 saturated carbocycles. The Morgan fingerprint density at radius 1 is 1.06 bits per heavy atom. The molecule has 1 fully saturated rings. The molecule has 6 nitrogen and oxygen atoms in total. The van der Waals surface area contributed by atoms with Gasteiger partial charge in [0.1, 0.15) is 12.4 Å². The Labute approximate surface area is 200 Å². The molecular weight excluding hydrogens is 455 g/mol. The van der Waals surface area contributed by atoms with E-state index >= 15 is 0 Å². The third kappa shape index (κ3) is 5.11. The molecule has 1 heterocycles. The van der Waals surface area contributed by atoms with Crippen LogP contribution >= 0.6 is 11.8 Å². The minimum absolute atomic E-state index is 0.0720. The summed E-state index contributed by atoms with van der Waals surface area (Å²) in [6, 6.07) is 20.1. The number of benzene rings is 3. The summed E-state index contributed by atoms with van der Waals surface area (Å²) in [5, 5.41) is 8.85. The Morgan fingerprint density at radius 2 is 1.82 bits per heavy atom. The molecule has 1 aliphatic rings. The van der Waals surface area contributed by atoms with Crippen molar-refractivity contribution in [3.05, 3.63) is 99.7 Å². The number of carbonyl (C=O) groups excluding carboxylic acids is 2. The Morgan fingerprint density at radius 3 is 2.56 bits per heavy atom. The van der Waals surface area contributed by atoms with Gasteiger partial charge in [0, 0.05) is 5.56 Å². The molecule has 1 saturated heterocycles. The fraction of sp³-hybridized carbons (Fsp3) is 0.115. The molecule has 0 spiro atoms. The monoisotopic (exact) mass is 474 g/mol. The molecule has 0 N–H and O–H groups in total.